The van der Waals surface area contributed by atoms with Gasteiger partial charge in [0.1, 0.15) is 23.6 Å². The molecule has 1 aromatic heterocycles. The van der Waals surface area contributed by atoms with E-state index in [2.05, 4.69) is 25.8 Å². The van der Waals surface area contributed by atoms with Gasteiger partial charge in [-0.15, -0.1) is 0 Å². The molecule has 1 aromatic rings. The predicted octanol–water partition coefficient (Wildman–Crippen LogP) is 2.89. The molecular formula is C22H31F6N5O5. The van der Waals surface area contributed by atoms with Gasteiger partial charge in [0.25, 0.3) is 0 Å². The van der Waals surface area contributed by atoms with Crippen LogP contribution >= 0.6 is 0 Å². The number of carboxylic acid groups (broad SMARTS) is 2. The van der Waals surface area contributed by atoms with Crippen molar-refractivity contribution in [2.75, 3.05) is 63.2 Å². The third kappa shape index (κ3) is 9.45. The summed E-state index contributed by atoms with van der Waals surface area (Å²) < 4.78 is 69.8. The minimum Gasteiger partial charge on any atom is -0.475 e. The molecule has 3 saturated heterocycles. The van der Waals surface area contributed by atoms with Crippen LogP contribution in [0.3, 0.4) is 0 Å². The first-order valence-electron chi connectivity index (χ1n) is 11.7. The van der Waals surface area contributed by atoms with E-state index < -0.39 is 24.3 Å². The summed E-state index contributed by atoms with van der Waals surface area (Å²) in [6.45, 7) is 6.67. The SMILES string of the molecule is CN(C)c1cc(N2CC3(CCC(CN4CCCC4)CO3)C2)ncn1.O=C(O)C(F)(F)F.O=C(O)C(F)(F)F. The van der Waals surface area contributed by atoms with Crippen molar-refractivity contribution in [2.24, 2.45) is 5.92 Å². The highest BCUT2D eigenvalue weighted by molar-refractivity contribution is 5.73. The van der Waals surface area contributed by atoms with Gasteiger partial charge in [-0.05, 0) is 44.7 Å². The van der Waals surface area contributed by atoms with E-state index in [-0.39, 0.29) is 5.60 Å². The first-order valence-corrected chi connectivity index (χ1v) is 11.7. The number of carbonyl (C=O) groups is 2. The summed E-state index contributed by atoms with van der Waals surface area (Å²) in [5, 5.41) is 14.2. The Hall–Kier alpha value is -2.88. The number of anilines is 2. The van der Waals surface area contributed by atoms with Crippen LogP contribution in [0, 0.1) is 5.92 Å². The molecule has 3 fully saturated rings. The van der Waals surface area contributed by atoms with Crippen molar-refractivity contribution in [3.05, 3.63) is 12.4 Å². The summed E-state index contributed by atoms with van der Waals surface area (Å²) in [5.74, 6) is -2.82. The average Bonchev–Trinajstić information content (AvgIpc) is 3.31. The first kappa shape index (κ1) is 31.3. The molecular weight excluding hydrogens is 528 g/mol. The lowest BCUT2D eigenvalue weighted by Crippen LogP contribution is -2.65. The van der Waals surface area contributed by atoms with Crippen molar-refractivity contribution in [1.82, 2.24) is 14.9 Å². The Labute approximate surface area is 215 Å². The molecule has 0 aromatic carbocycles. The zero-order valence-corrected chi connectivity index (χ0v) is 20.9. The number of aromatic nitrogens is 2. The fourth-order valence-electron chi connectivity index (χ4n) is 4.21. The zero-order valence-electron chi connectivity index (χ0n) is 20.9. The zero-order chi connectivity index (χ0) is 28.7. The van der Waals surface area contributed by atoms with Crippen molar-refractivity contribution >= 4 is 23.6 Å². The predicted molar refractivity (Wildman–Crippen MR) is 123 cm³/mol. The van der Waals surface area contributed by atoms with Crippen molar-refractivity contribution in [1.29, 1.82) is 0 Å². The van der Waals surface area contributed by atoms with Gasteiger partial charge in [-0.3, -0.25) is 0 Å². The molecule has 1 unspecified atom stereocenters. The fraction of sp³-hybridized carbons (Fsp3) is 0.727. The number of ether oxygens (including phenoxy) is 1. The Kier molecular flexibility index (Phi) is 10.5. The maximum atomic E-state index is 10.6. The molecule has 4 rings (SSSR count). The Balaban J connectivity index is 0.000000301. The minimum absolute atomic E-state index is 0.0741. The summed E-state index contributed by atoms with van der Waals surface area (Å²) in [6.07, 6.45) is -3.27. The molecule has 0 saturated carbocycles. The summed E-state index contributed by atoms with van der Waals surface area (Å²) in [6, 6.07) is 2.06. The molecule has 16 heteroatoms. The Morgan fingerprint density at radius 1 is 1.05 bits per heavy atom. The maximum absolute atomic E-state index is 10.6. The standard InChI is InChI=1S/C18H29N5O.2C2HF3O2/c1-21(2)16-9-17(20-14-19-16)23-12-18(13-23)6-5-15(11-24-18)10-22-7-3-4-8-22;2*3-2(4,5)1(6)7/h9,14-15H,3-8,10-13H2,1-2H3;2*(H,6,7). The van der Waals surface area contributed by atoms with Gasteiger partial charge in [-0.25, -0.2) is 19.6 Å². The summed E-state index contributed by atoms with van der Waals surface area (Å²) in [4.78, 5) is 33.5. The third-order valence-corrected chi connectivity index (χ3v) is 6.21. The second-order valence-corrected chi connectivity index (χ2v) is 9.50. The molecule has 3 aliphatic heterocycles. The number of nitrogens with zero attached hydrogens (tertiary/aromatic N) is 5. The molecule has 216 valence electrons. The van der Waals surface area contributed by atoms with Crippen LogP contribution in [0.15, 0.2) is 12.4 Å². The third-order valence-electron chi connectivity index (χ3n) is 6.21. The van der Waals surface area contributed by atoms with Crippen LogP contribution in [0.1, 0.15) is 25.7 Å². The van der Waals surface area contributed by atoms with E-state index in [1.54, 1.807) is 6.33 Å². The number of hydrogen-bond acceptors (Lipinski definition) is 8. The molecule has 0 bridgehead atoms. The van der Waals surface area contributed by atoms with E-state index in [9.17, 15) is 26.3 Å². The smallest absolute Gasteiger partial charge is 0.475 e. The molecule has 1 spiro atoms. The molecule has 0 amide bonds. The molecule has 4 heterocycles. The van der Waals surface area contributed by atoms with Gasteiger partial charge < -0.3 is 29.6 Å². The van der Waals surface area contributed by atoms with Crippen LogP contribution in [0.25, 0.3) is 0 Å². The van der Waals surface area contributed by atoms with Gasteiger partial charge >= 0.3 is 24.3 Å². The Morgan fingerprint density at radius 2 is 1.58 bits per heavy atom. The van der Waals surface area contributed by atoms with Gasteiger partial charge in [0, 0.05) is 26.7 Å². The van der Waals surface area contributed by atoms with Crippen molar-refractivity contribution in [3.63, 3.8) is 0 Å². The van der Waals surface area contributed by atoms with Crippen LogP contribution in [0.5, 0.6) is 0 Å². The number of aliphatic carboxylic acids is 2. The van der Waals surface area contributed by atoms with Crippen molar-refractivity contribution < 1.29 is 50.9 Å². The monoisotopic (exact) mass is 559 g/mol. The summed E-state index contributed by atoms with van der Waals surface area (Å²) in [7, 11) is 4.02. The number of likely N-dealkylation sites (tertiary alicyclic amines) is 1. The molecule has 38 heavy (non-hydrogen) atoms. The number of rotatable bonds is 4. The number of carboxylic acids is 2. The maximum Gasteiger partial charge on any atom is 0.490 e. The van der Waals surface area contributed by atoms with Crippen molar-refractivity contribution in [3.8, 4) is 0 Å². The van der Waals surface area contributed by atoms with Crippen molar-refractivity contribution in [2.45, 2.75) is 43.6 Å². The lowest BCUT2D eigenvalue weighted by molar-refractivity contribution is -0.193. The lowest BCUT2D eigenvalue weighted by atomic mass is 9.83. The fourth-order valence-corrected chi connectivity index (χ4v) is 4.21. The van der Waals surface area contributed by atoms with E-state index in [4.69, 9.17) is 24.5 Å². The average molecular weight is 560 g/mol. The molecule has 1 atom stereocenters. The highest BCUT2D eigenvalue weighted by Crippen LogP contribution is 2.38. The second-order valence-electron chi connectivity index (χ2n) is 9.50. The van der Waals surface area contributed by atoms with E-state index in [1.165, 1.54) is 45.3 Å². The van der Waals surface area contributed by atoms with E-state index in [1.807, 2.05) is 19.0 Å². The normalized spacial score (nSPS) is 20.9. The van der Waals surface area contributed by atoms with Gasteiger partial charge in [0.15, 0.2) is 0 Å². The molecule has 0 aliphatic carbocycles. The first-order chi connectivity index (χ1) is 17.5. The van der Waals surface area contributed by atoms with E-state index in [0.717, 1.165) is 37.3 Å². The minimum atomic E-state index is -5.08. The largest absolute Gasteiger partial charge is 0.490 e. The Bertz CT molecular complexity index is 900. The van der Waals surface area contributed by atoms with Crippen LogP contribution in [0.2, 0.25) is 0 Å². The molecule has 3 aliphatic rings. The molecule has 2 N–H and O–H groups in total. The van der Waals surface area contributed by atoms with Crippen LogP contribution < -0.4 is 9.80 Å². The molecule has 10 nitrogen and oxygen atoms in total. The Morgan fingerprint density at radius 3 is 2.00 bits per heavy atom. The lowest BCUT2D eigenvalue weighted by Gasteiger charge is -2.53. The number of hydrogen-bond donors (Lipinski definition) is 2. The summed E-state index contributed by atoms with van der Waals surface area (Å²) >= 11 is 0. The van der Waals surface area contributed by atoms with Crippen LogP contribution in [0.4, 0.5) is 38.0 Å². The van der Waals surface area contributed by atoms with Crippen LogP contribution in [-0.2, 0) is 14.3 Å². The summed E-state index contributed by atoms with van der Waals surface area (Å²) in [5.41, 5.74) is 0.0741. The second kappa shape index (κ2) is 12.8. The van der Waals surface area contributed by atoms with Gasteiger partial charge in [0.2, 0.25) is 0 Å². The number of halogens is 6. The number of alkyl halides is 6. The highest BCUT2D eigenvalue weighted by atomic mass is 19.4. The van der Waals surface area contributed by atoms with Gasteiger partial charge in [0.05, 0.1) is 19.7 Å². The molecule has 0 radical (unpaired) electrons. The topological polar surface area (TPSA) is 119 Å². The van der Waals surface area contributed by atoms with Gasteiger partial charge in [-0.2, -0.15) is 26.3 Å². The van der Waals surface area contributed by atoms with Crippen LogP contribution in [-0.4, -0.2) is 108 Å². The quantitative estimate of drug-likeness (QED) is 0.533. The van der Waals surface area contributed by atoms with Gasteiger partial charge in [-0.1, -0.05) is 0 Å². The van der Waals surface area contributed by atoms with E-state index >= 15 is 0 Å². The van der Waals surface area contributed by atoms with E-state index in [0.29, 0.717) is 0 Å². The highest BCUT2D eigenvalue weighted by Gasteiger charge is 2.47.